The maximum Gasteiger partial charge on any atom is 0.344 e. The number of likely N-dealkylation sites (N-methyl/N-ethyl adjacent to an activating group) is 1. The Hall–Kier alpha value is -4.29. The number of imidazole rings is 1. The van der Waals surface area contributed by atoms with Gasteiger partial charge in [-0.05, 0) is 52.4 Å². The van der Waals surface area contributed by atoms with Crippen molar-refractivity contribution in [2.24, 2.45) is 0 Å². The molecule has 0 atom stereocenters. The number of esters is 1. The number of aryl methyl sites for hydroxylation is 1. The fourth-order valence-corrected chi connectivity index (χ4v) is 5.33. The molecule has 2 N–H and O–H groups in total. The van der Waals surface area contributed by atoms with Crippen molar-refractivity contribution < 1.29 is 28.2 Å². The van der Waals surface area contributed by atoms with Gasteiger partial charge in [-0.1, -0.05) is 44.2 Å². The number of anilines is 1. The standard InChI is InChI=1S/C34H45FN6O5/c1-6-39(7-2)20-29(42)40(19-24-13-11-16-27(31(24)35)45-22-30(43)46-23(4)5)17-12-18-41-28(21-44-8-3)38-32-33(41)25-14-9-10-15-26(25)37-34(32)36/h9-11,13-16,23H,6-8,12,17-22H2,1-5H3,(H2,36,37). The number of amides is 1. The molecule has 4 rings (SSSR count). The lowest BCUT2D eigenvalue weighted by Gasteiger charge is -2.27. The van der Waals surface area contributed by atoms with Gasteiger partial charge in [0.15, 0.2) is 24.0 Å². The van der Waals surface area contributed by atoms with E-state index in [9.17, 15) is 9.59 Å². The minimum absolute atomic E-state index is 0.0376. The van der Waals surface area contributed by atoms with Crippen molar-refractivity contribution in [3.8, 4) is 5.75 Å². The summed E-state index contributed by atoms with van der Waals surface area (Å²) < 4.78 is 34.0. The lowest BCUT2D eigenvalue weighted by Crippen LogP contribution is -2.40. The number of carbonyl (C=O) groups excluding carboxylic acids is 2. The average molecular weight is 637 g/mol. The van der Waals surface area contributed by atoms with Crippen molar-refractivity contribution in [2.45, 2.75) is 66.8 Å². The molecule has 12 heteroatoms. The molecule has 0 aliphatic carbocycles. The van der Waals surface area contributed by atoms with Gasteiger partial charge in [0.05, 0.1) is 23.7 Å². The highest BCUT2D eigenvalue weighted by molar-refractivity contribution is 6.06. The van der Waals surface area contributed by atoms with Crippen LogP contribution >= 0.6 is 0 Å². The summed E-state index contributed by atoms with van der Waals surface area (Å²) in [5.41, 5.74) is 8.87. The summed E-state index contributed by atoms with van der Waals surface area (Å²) in [6, 6.07) is 12.5. The van der Waals surface area contributed by atoms with Crippen molar-refractivity contribution in [1.29, 1.82) is 0 Å². The van der Waals surface area contributed by atoms with Gasteiger partial charge in [0, 0.05) is 37.2 Å². The van der Waals surface area contributed by atoms with Gasteiger partial charge in [-0.25, -0.2) is 19.2 Å². The normalized spacial score (nSPS) is 11.6. The summed E-state index contributed by atoms with van der Waals surface area (Å²) in [4.78, 5) is 38.6. The summed E-state index contributed by atoms with van der Waals surface area (Å²) in [5, 5.41) is 0.924. The molecule has 0 unspecified atom stereocenters. The Kier molecular flexibility index (Phi) is 12.3. The zero-order chi connectivity index (χ0) is 33.2. The van der Waals surface area contributed by atoms with Crippen LogP contribution in [0.2, 0.25) is 0 Å². The van der Waals surface area contributed by atoms with E-state index in [-0.39, 0.29) is 36.4 Å². The van der Waals surface area contributed by atoms with Crippen LogP contribution in [0.1, 0.15) is 52.4 Å². The molecular formula is C34H45FN6O5. The van der Waals surface area contributed by atoms with Crippen LogP contribution in [0.3, 0.4) is 0 Å². The highest BCUT2D eigenvalue weighted by Gasteiger charge is 2.22. The van der Waals surface area contributed by atoms with Crippen molar-refractivity contribution in [3.05, 3.63) is 59.7 Å². The van der Waals surface area contributed by atoms with Crippen molar-refractivity contribution in [1.82, 2.24) is 24.3 Å². The van der Waals surface area contributed by atoms with Crippen molar-refractivity contribution >= 4 is 39.6 Å². The first-order valence-corrected chi connectivity index (χ1v) is 15.9. The summed E-state index contributed by atoms with van der Waals surface area (Å²) >= 11 is 0. The number of nitrogens with two attached hydrogens (primary N) is 1. The number of nitrogen functional groups attached to an aromatic ring is 1. The van der Waals surface area contributed by atoms with Crippen LogP contribution < -0.4 is 10.5 Å². The molecule has 0 spiro atoms. The van der Waals surface area contributed by atoms with Gasteiger partial charge in [0.2, 0.25) is 5.91 Å². The Bertz CT molecular complexity index is 1640. The Balaban J connectivity index is 1.59. The summed E-state index contributed by atoms with van der Waals surface area (Å²) in [6.45, 7) is 12.3. The number of ether oxygens (including phenoxy) is 3. The van der Waals surface area contributed by atoms with Crippen molar-refractivity contribution in [3.63, 3.8) is 0 Å². The number of rotatable bonds is 17. The van der Waals surface area contributed by atoms with E-state index < -0.39 is 18.4 Å². The van der Waals surface area contributed by atoms with E-state index in [0.29, 0.717) is 57.1 Å². The fraction of sp³-hybridized carbons (Fsp3) is 0.471. The third-order valence-electron chi connectivity index (χ3n) is 7.66. The third kappa shape index (κ3) is 8.49. The van der Waals surface area contributed by atoms with E-state index in [1.54, 1.807) is 30.9 Å². The third-order valence-corrected chi connectivity index (χ3v) is 7.66. The molecule has 2 aromatic heterocycles. The number of carbonyl (C=O) groups is 2. The number of nitrogens with zero attached hydrogens (tertiary/aromatic N) is 5. The molecule has 4 aromatic rings. The fourth-order valence-electron chi connectivity index (χ4n) is 5.33. The molecule has 0 saturated carbocycles. The summed E-state index contributed by atoms with van der Waals surface area (Å²) in [5.74, 6) is -0.325. The average Bonchev–Trinajstić information content (AvgIpc) is 3.41. The molecule has 0 bridgehead atoms. The zero-order valence-electron chi connectivity index (χ0n) is 27.4. The number of hydrogen-bond donors (Lipinski definition) is 1. The zero-order valence-corrected chi connectivity index (χ0v) is 27.4. The van der Waals surface area contributed by atoms with E-state index in [2.05, 4.69) is 9.55 Å². The number of para-hydroxylation sites is 1. The Morgan fingerprint density at radius 2 is 1.80 bits per heavy atom. The minimum atomic E-state index is -0.616. The molecule has 0 aliphatic rings. The second-order valence-electron chi connectivity index (χ2n) is 11.2. The van der Waals surface area contributed by atoms with Crippen LogP contribution in [0.25, 0.3) is 21.9 Å². The molecule has 0 aliphatic heterocycles. The molecule has 11 nitrogen and oxygen atoms in total. The van der Waals surface area contributed by atoms with E-state index in [1.807, 2.05) is 49.9 Å². The first kappa shape index (κ1) is 34.6. The number of hydrogen-bond acceptors (Lipinski definition) is 9. The van der Waals surface area contributed by atoms with Gasteiger partial charge in [-0.3, -0.25) is 9.69 Å². The van der Waals surface area contributed by atoms with Crippen molar-refractivity contribution in [2.75, 3.05) is 45.1 Å². The topological polar surface area (TPSA) is 125 Å². The van der Waals surface area contributed by atoms with Crippen LogP contribution in [0, 0.1) is 5.82 Å². The molecule has 46 heavy (non-hydrogen) atoms. The molecule has 2 heterocycles. The highest BCUT2D eigenvalue weighted by Crippen LogP contribution is 2.29. The highest BCUT2D eigenvalue weighted by atomic mass is 19.1. The first-order valence-electron chi connectivity index (χ1n) is 15.9. The molecule has 0 saturated heterocycles. The molecular weight excluding hydrogens is 591 g/mol. The number of pyridine rings is 1. The number of benzene rings is 2. The molecule has 1 amide bonds. The lowest BCUT2D eigenvalue weighted by atomic mass is 10.1. The molecule has 2 aromatic carbocycles. The second-order valence-corrected chi connectivity index (χ2v) is 11.2. The number of aromatic nitrogens is 3. The first-order chi connectivity index (χ1) is 22.2. The van der Waals surface area contributed by atoms with Crippen LogP contribution in [-0.2, 0) is 38.8 Å². The summed E-state index contributed by atoms with van der Waals surface area (Å²) in [7, 11) is 0. The van der Waals surface area contributed by atoms with Gasteiger partial charge in [0.25, 0.3) is 0 Å². The monoisotopic (exact) mass is 636 g/mol. The predicted octanol–water partition coefficient (Wildman–Crippen LogP) is 4.93. The molecule has 0 radical (unpaired) electrons. The predicted molar refractivity (Wildman–Crippen MR) is 176 cm³/mol. The summed E-state index contributed by atoms with van der Waals surface area (Å²) in [6.07, 6.45) is 0.255. The Labute approximate surface area is 269 Å². The smallest absolute Gasteiger partial charge is 0.344 e. The second kappa shape index (κ2) is 16.3. The van der Waals surface area contributed by atoms with Gasteiger partial charge in [-0.2, -0.15) is 0 Å². The van der Waals surface area contributed by atoms with E-state index in [1.165, 1.54) is 6.07 Å². The molecule has 248 valence electrons. The minimum Gasteiger partial charge on any atom is -0.479 e. The Morgan fingerprint density at radius 3 is 2.52 bits per heavy atom. The maximum atomic E-state index is 15.6. The quantitative estimate of drug-likeness (QED) is 0.161. The SMILES string of the molecule is CCOCc1nc2c(N)nc3ccccc3c2n1CCCN(Cc1cccc(OCC(=O)OC(C)C)c1F)C(=O)CN(CC)CC. The van der Waals surface area contributed by atoms with Gasteiger partial charge < -0.3 is 29.4 Å². The van der Waals surface area contributed by atoms with Gasteiger partial charge in [-0.15, -0.1) is 0 Å². The molecule has 0 fully saturated rings. The van der Waals surface area contributed by atoms with E-state index in [4.69, 9.17) is 24.9 Å². The Morgan fingerprint density at radius 1 is 1.04 bits per heavy atom. The van der Waals surface area contributed by atoms with Crippen LogP contribution in [-0.4, -0.2) is 81.7 Å². The van der Waals surface area contributed by atoms with Gasteiger partial charge >= 0.3 is 5.97 Å². The number of fused-ring (bicyclic) bond motifs is 3. The van der Waals surface area contributed by atoms with Crippen LogP contribution in [0.15, 0.2) is 42.5 Å². The van der Waals surface area contributed by atoms with Gasteiger partial charge in [0.1, 0.15) is 17.9 Å². The lowest BCUT2D eigenvalue weighted by molar-refractivity contribution is -0.149. The van der Waals surface area contributed by atoms with E-state index >= 15 is 4.39 Å². The largest absolute Gasteiger partial charge is 0.479 e. The van der Waals surface area contributed by atoms with Crippen LogP contribution in [0.5, 0.6) is 5.75 Å². The van der Waals surface area contributed by atoms with E-state index in [0.717, 1.165) is 22.2 Å². The van der Waals surface area contributed by atoms with Crippen LogP contribution in [0.4, 0.5) is 10.2 Å². The maximum absolute atomic E-state index is 15.6. The number of halogens is 1.